The number of amides is 3. The lowest BCUT2D eigenvalue weighted by Crippen LogP contribution is -2.61. The lowest BCUT2D eigenvalue weighted by Gasteiger charge is -2.43. The van der Waals surface area contributed by atoms with Gasteiger partial charge in [-0.3, -0.25) is 14.4 Å². The van der Waals surface area contributed by atoms with Crippen molar-refractivity contribution in [3.05, 3.63) is 34.9 Å². The Kier molecular flexibility index (Phi) is 6.28. The molecular weight excluding hydrogens is 378 g/mol. The lowest BCUT2D eigenvalue weighted by atomic mass is 9.96. The van der Waals surface area contributed by atoms with Gasteiger partial charge >= 0.3 is 0 Å². The maximum Gasteiger partial charge on any atom is 0.245 e. The van der Waals surface area contributed by atoms with Gasteiger partial charge in [-0.1, -0.05) is 37.6 Å². The molecule has 2 aliphatic rings. The molecule has 152 valence electrons. The summed E-state index contributed by atoms with van der Waals surface area (Å²) in [7, 11) is 0. The molecule has 2 heterocycles. The highest BCUT2D eigenvalue weighted by Gasteiger charge is 2.46. The zero-order valence-corrected chi connectivity index (χ0v) is 17.4. The molecule has 0 bridgehead atoms. The van der Waals surface area contributed by atoms with Gasteiger partial charge in [0.15, 0.2) is 0 Å². The third kappa shape index (κ3) is 4.66. The van der Waals surface area contributed by atoms with Gasteiger partial charge in [0.1, 0.15) is 6.04 Å². The van der Waals surface area contributed by atoms with Gasteiger partial charge in [-0.15, -0.1) is 0 Å². The fourth-order valence-corrected chi connectivity index (χ4v) is 4.39. The highest BCUT2D eigenvalue weighted by molar-refractivity contribution is 6.30. The number of fused-ring (bicyclic) bond motifs is 1. The van der Waals surface area contributed by atoms with Crippen LogP contribution in [0.5, 0.6) is 0 Å². The molecule has 2 fully saturated rings. The van der Waals surface area contributed by atoms with Crippen LogP contribution >= 0.6 is 11.6 Å². The Hall–Kier alpha value is -2.08. The molecule has 0 aliphatic carbocycles. The van der Waals surface area contributed by atoms with Gasteiger partial charge in [0.25, 0.3) is 0 Å². The number of halogens is 1. The van der Waals surface area contributed by atoms with Crippen molar-refractivity contribution in [1.29, 1.82) is 0 Å². The lowest BCUT2D eigenvalue weighted by molar-refractivity contribution is -0.154. The molecule has 1 aromatic rings. The van der Waals surface area contributed by atoms with Crippen LogP contribution in [0.15, 0.2) is 24.3 Å². The number of benzene rings is 1. The first-order chi connectivity index (χ1) is 13.2. The number of hydrogen-bond acceptors (Lipinski definition) is 3. The monoisotopic (exact) mass is 405 g/mol. The molecule has 0 radical (unpaired) electrons. The van der Waals surface area contributed by atoms with Crippen molar-refractivity contribution in [2.45, 2.75) is 58.2 Å². The van der Waals surface area contributed by atoms with Crippen LogP contribution in [0.3, 0.4) is 0 Å². The van der Waals surface area contributed by atoms with Crippen LogP contribution in [0.1, 0.15) is 39.2 Å². The van der Waals surface area contributed by atoms with E-state index in [1.807, 2.05) is 17.0 Å². The predicted octanol–water partition coefficient (Wildman–Crippen LogP) is 2.25. The summed E-state index contributed by atoms with van der Waals surface area (Å²) in [4.78, 5) is 41.3. The fourth-order valence-electron chi connectivity index (χ4n) is 4.26. The standard InChI is InChI=1S/C21H28ClN3O3/c1-13(2)8-19-21(28)24-11-17(23-14(3)26)10-18(24)12-25(19)20(27)9-15-4-6-16(22)7-5-15/h4-7,13,17-19H,8-12H2,1-3H3,(H,23,26)/t17-,18-,19-/m0/s1. The predicted molar refractivity (Wildman–Crippen MR) is 108 cm³/mol. The Labute approximate surface area is 171 Å². The molecule has 0 aromatic heterocycles. The van der Waals surface area contributed by atoms with E-state index in [9.17, 15) is 14.4 Å². The average molecular weight is 406 g/mol. The van der Waals surface area contributed by atoms with Gasteiger partial charge in [0.05, 0.1) is 12.5 Å². The molecule has 3 atom stereocenters. The second-order valence-electron chi connectivity index (χ2n) is 8.27. The number of carbonyl (C=O) groups is 3. The van der Waals surface area contributed by atoms with E-state index in [4.69, 9.17) is 11.6 Å². The highest BCUT2D eigenvalue weighted by Crippen LogP contribution is 2.29. The molecule has 3 rings (SSSR count). The number of piperazine rings is 1. The van der Waals surface area contributed by atoms with Gasteiger partial charge in [-0.05, 0) is 36.5 Å². The van der Waals surface area contributed by atoms with Crippen LogP contribution in [0.4, 0.5) is 0 Å². The zero-order chi connectivity index (χ0) is 20.4. The minimum atomic E-state index is -0.438. The van der Waals surface area contributed by atoms with Crippen molar-refractivity contribution in [3.8, 4) is 0 Å². The van der Waals surface area contributed by atoms with Gasteiger partial charge in [0, 0.05) is 31.1 Å². The molecule has 2 saturated heterocycles. The topological polar surface area (TPSA) is 69.7 Å². The van der Waals surface area contributed by atoms with E-state index in [1.165, 1.54) is 6.92 Å². The summed E-state index contributed by atoms with van der Waals surface area (Å²) < 4.78 is 0. The van der Waals surface area contributed by atoms with Crippen LogP contribution in [0.25, 0.3) is 0 Å². The molecule has 3 amide bonds. The zero-order valence-electron chi connectivity index (χ0n) is 16.7. The summed E-state index contributed by atoms with van der Waals surface area (Å²) in [5.41, 5.74) is 0.884. The Morgan fingerprint density at radius 2 is 1.89 bits per heavy atom. The normalized spacial score (nSPS) is 24.5. The summed E-state index contributed by atoms with van der Waals surface area (Å²) in [5, 5.41) is 3.55. The summed E-state index contributed by atoms with van der Waals surface area (Å²) >= 11 is 5.93. The summed E-state index contributed by atoms with van der Waals surface area (Å²) in [5.74, 6) is 0.169. The third-order valence-corrected chi connectivity index (χ3v) is 5.71. The summed E-state index contributed by atoms with van der Waals surface area (Å²) in [6, 6.07) is 6.71. The van der Waals surface area contributed by atoms with Gasteiger partial charge < -0.3 is 15.1 Å². The van der Waals surface area contributed by atoms with Crippen LogP contribution in [-0.2, 0) is 20.8 Å². The highest BCUT2D eigenvalue weighted by atomic mass is 35.5. The van der Waals surface area contributed by atoms with Crippen LogP contribution < -0.4 is 5.32 Å². The number of hydrogen-bond donors (Lipinski definition) is 1. The molecule has 0 saturated carbocycles. The molecule has 1 aromatic carbocycles. The van der Waals surface area contributed by atoms with E-state index in [0.717, 1.165) is 5.56 Å². The van der Waals surface area contributed by atoms with Gasteiger partial charge in [0.2, 0.25) is 17.7 Å². The fraction of sp³-hybridized carbons (Fsp3) is 0.571. The van der Waals surface area contributed by atoms with E-state index in [-0.39, 0.29) is 36.2 Å². The van der Waals surface area contributed by atoms with Crippen molar-refractivity contribution in [2.75, 3.05) is 13.1 Å². The molecule has 0 spiro atoms. The first-order valence-corrected chi connectivity index (χ1v) is 10.2. The molecular formula is C21H28ClN3O3. The number of nitrogens with zero attached hydrogens (tertiary/aromatic N) is 2. The molecule has 7 heteroatoms. The van der Waals surface area contributed by atoms with Crippen molar-refractivity contribution in [1.82, 2.24) is 15.1 Å². The van der Waals surface area contributed by atoms with Gasteiger partial charge in [-0.25, -0.2) is 0 Å². The van der Waals surface area contributed by atoms with E-state index >= 15 is 0 Å². The van der Waals surface area contributed by atoms with Crippen molar-refractivity contribution < 1.29 is 14.4 Å². The SMILES string of the molecule is CC(=O)N[C@H]1C[C@H]2CN(C(=O)Cc3ccc(Cl)cc3)[C@@H](CC(C)C)C(=O)N2C1. The van der Waals surface area contributed by atoms with Crippen LogP contribution in [0.2, 0.25) is 5.02 Å². The number of rotatable bonds is 5. The quantitative estimate of drug-likeness (QED) is 0.816. The Bertz CT molecular complexity index is 750. The molecule has 0 unspecified atom stereocenters. The number of nitrogens with one attached hydrogen (secondary N) is 1. The van der Waals surface area contributed by atoms with Crippen molar-refractivity contribution in [2.24, 2.45) is 5.92 Å². The summed E-state index contributed by atoms with van der Waals surface area (Å²) in [6.45, 7) is 6.65. The molecule has 1 N–H and O–H groups in total. The largest absolute Gasteiger partial charge is 0.352 e. The maximum atomic E-state index is 13.2. The molecule has 2 aliphatic heterocycles. The Morgan fingerprint density at radius 1 is 1.21 bits per heavy atom. The first kappa shape index (κ1) is 20.6. The van der Waals surface area contributed by atoms with E-state index in [2.05, 4.69) is 19.2 Å². The van der Waals surface area contributed by atoms with Crippen LogP contribution in [-0.4, -0.2) is 58.7 Å². The van der Waals surface area contributed by atoms with Gasteiger partial charge in [-0.2, -0.15) is 0 Å². The second-order valence-corrected chi connectivity index (χ2v) is 8.71. The van der Waals surface area contributed by atoms with E-state index in [1.54, 1.807) is 17.0 Å². The summed E-state index contributed by atoms with van der Waals surface area (Å²) in [6.07, 6.45) is 1.57. The Morgan fingerprint density at radius 3 is 2.50 bits per heavy atom. The van der Waals surface area contributed by atoms with Crippen molar-refractivity contribution in [3.63, 3.8) is 0 Å². The van der Waals surface area contributed by atoms with Crippen molar-refractivity contribution >= 4 is 29.3 Å². The first-order valence-electron chi connectivity index (χ1n) is 9.86. The minimum Gasteiger partial charge on any atom is -0.352 e. The van der Waals surface area contributed by atoms with E-state index < -0.39 is 6.04 Å². The molecule has 28 heavy (non-hydrogen) atoms. The van der Waals surface area contributed by atoms with E-state index in [0.29, 0.717) is 36.9 Å². The third-order valence-electron chi connectivity index (χ3n) is 5.46. The number of carbonyl (C=O) groups excluding carboxylic acids is 3. The minimum absolute atomic E-state index is 0.00209. The average Bonchev–Trinajstić information content (AvgIpc) is 3.01. The molecule has 6 nitrogen and oxygen atoms in total. The maximum absolute atomic E-state index is 13.2. The second kappa shape index (κ2) is 8.52. The Balaban J connectivity index is 1.77. The smallest absolute Gasteiger partial charge is 0.245 e. The van der Waals surface area contributed by atoms with Crippen LogP contribution in [0, 0.1) is 5.92 Å².